The minimum Gasteiger partial charge on any atom is -0.349 e. The van der Waals surface area contributed by atoms with Crippen LogP contribution in [-0.4, -0.2) is 40.0 Å². The van der Waals surface area contributed by atoms with Crippen LogP contribution in [0.15, 0.2) is 30.7 Å². The second-order valence-electron chi connectivity index (χ2n) is 5.28. The minimum absolute atomic E-state index is 0.108. The molecule has 0 aliphatic carbocycles. The number of carbonyl (C=O) groups is 1. The standard InChI is InChI=1S/C15H15Cl2N5O/c16-12-8-10(9-20-13(12)17)14(23)21-11-2-6-22(7-3-11)15-18-4-1-5-19-15/h1,4-5,8-9,11H,2-3,6-7H2,(H,21,23). The maximum atomic E-state index is 12.2. The summed E-state index contributed by atoms with van der Waals surface area (Å²) < 4.78 is 0. The average molecular weight is 352 g/mol. The van der Waals surface area contributed by atoms with Gasteiger partial charge in [0, 0.05) is 37.7 Å². The molecule has 8 heteroatoms. The molecule has 0 atom stereocenters. The number of carbonyl (C=O) groups excluding carboxylic acids is 1. The van der Waals surface area contributed by atoms with Gasteiger partial charge in [0.15, 0.2) is 0 Å². The summed E-state index contributed by atoms with van der Waals surface area (Å²) in [7, 11) is 0. The van der Waals surface area contributed by atoms with Crippen LogP contribution in [0.3, 0.4) is 0 Å². The molecule has 0 unspecified atom stereocenters. The van der Waals surface area contributed by atoms with Crippen molar-refractivity contribution in [1.82, 2.24) is 20.3 Å². The molecule has 1 fully saturated rings. The lowest BCUT2D eigenvalue weighted by Gasteiger charge is -2.32. The molecule has 1 aliphatic heterocycles. The number of nitrogens with one attached hydrogen (secondary N) is 1. The first-order chi connectivity index (χ1) is 11.1. The normalized spacial score (nSPS) is 15.5. The lowest BCUT2D eigenvalue weighted by Crippen LogP contribution is -2.45. The second kappa shape index (κ2) is 7.10. The van der Waals surface area contributed by atoms with Crippen LogP contribution in [0.4, 0.5) is 5.95 Å². The van der Waals surface area contributed by atoms with E-state index in [-0.39, 0.29) is 22.1 Å². The van der Waals surface area contributed by atoms with Crippen molar-refractivity contribution in [3.8, 4) is 0 Å². The van der Waals surface area contributed by atoms with E-state index in [1.807, 2.05) is 0 Å². The highest BCUT2D eigenvalue weighted by Gasteiger charge is 2.22. The number of piperidine rings is 1. The Morgan fingerprint density at radius 2 is 1.87 bits per heavy atom. The van der Waals surface area contributed by atoms with Gasteiger partial charge in [-0.25, -0.2) is 15.0 Å². The fourth-order valence-corrected chi connectivity index (χ4v) is 2.76. The van der Waals surface area contributed by atoms with Gasteiger partial charge < -0.3 is 10.2 Å². The van der Waals surface area contributed by atoms with Crippen molar-refractivity contribution in [1.29, 1.82) is 0 Å². The van der Waals surface area contributed by atoms with Crippen molar-refractivity contribution in [3.05, 3.63) is 46.5 Å². The Morgan fingerprint density at radius 3 is 2.52 bits per heavy atom. The van der Waals surface area contributed by atoms with Crippen molar-refractivity contribution in [2.75, 3.05) is 18.0 Å². The molecule has 0 saturated carbocycles. The van der Waals surface area contributed by atoms with Crippen LogP contribution in [0, 0.1) is 0 Å². The van der Waals surface area contributed by atoms with Crippen LogP contribution < -0.4 is 10.2 Å². The van der Waals surface area contributed by atoms with Crippen molar-refractivity contribution >= 4 is 35.1 Å². The number of amides is 1. The summed E-state index contributed by atoms with van der Waals surface area (Å²) >= 11 is 11.7. The third kappa shape index (κ3) is 3.89. The van der Waals surface area contributed by atoms with E-state index in [2.05, 4.69) is 25.2 Å². The van der Waals surface area contributed by atoms with E-state index in [1.54, 1.807) is 18.5 Å². The molecule has 120 valence electrons. The van der Waals surface area contributed by atoms with Crippen molar-refractivity contribution < 1.29 is 4.79 Å². The first-order valence-electron chi connectivity index (χ1n) is 7.27. The summed E-state index contributed by atoms with van der Waals surface area (Å²) in [6.07, 6.45) is 6.55. The Hall–Kier alpha value is -1.92. The third-order valence-corrected chi connectivity index (χ3v) is 4.41. The number of aromatic nitrogens is 3. The topological polar surface area (TPSA) is 71.0 Å². The number of hydrogen-bond acceptors (Lipinski definition) is 5. The Bertz CT molecular complexity index is 690. The predicted octanol–water partition coefficient (Wildman–Crippen LogP) is 2.58. The zero-order valence-electron chi connectivity index (χ0n) is 12.2. The minimum atomic E-state index is -0.189. The molecule has 3 rings (SSSR count). The van der Waals surface area contributed by atoms with Crippen molar-refractivity contribution in [2.45, 2.75) is 18.9 Å². The Kier molecular flexibility index (Phi) is 4.93. The highest BCUT2D eigenvalue weighted by atomic mass is 35.5. The van der Waals surface area contributed by atoms with Gasteiger partial charge in [-0.2, -0.15) is 0 Å². The molecule has 1 aliphatic rings. The summed E-state index contributed by atoms with van der Waals surface area (Å²) in [5.41, 5.74) is 0.410. The fraction of sp³-hybridized carbons (Fsp3) is 0.333. The maximum Gasteiger partial charge on any atom is 0.253 e. The van der Waals surface area contributed by atoms with Crippen LogP contribution in [0.2, 0.25) is 10.2 Å². The number of hydrogen-bond donors (Lipinski definition) is 1. The van der Waals surface area contributed by atoms with E-state index in [0.717, 1.165) is 31.9 Å². The summed E-state index contributed by atoms with van der Waals surface area (Å²) in [5.74, 6) is 0.538. The van der Waals surface area contributed by atoms with Gasteiger partial charge in [0.25, 0.3) is 5.91 Å². The molecule has 2 aromatic heterocycles. The number of rotatable bonds is 3. The van der Waals surface area contributed by atoms with Crippen LogP contribution in [0.1, 0.15) is 23.2 Å². The van der Waals surface area contributed by atoms with Gasteiger partial charge in [-0.15, -0.1) is 0 Å². The summed E-state index contributed by atoms with van der Waals surface area (Å²) in [6, 6.07) is 3.43. The monoisotopic (exact) mass is 351 g/mol. The number of anilines is 1. The Balaban J connectivity index is 1.56. The largest absolute Gasteiger partial charge is 0.349 e. The quantitative estimate of drug-likeness (QED) is 0.860. The number of pyridine rings is 1. The first-order valence-corrected chi connectivity index (χ1v) is 8.03. The molecular formula is C15H15Cl2N5O. The van der Waals surface area contributed by atoms with E-state index < -0.39 is 0 Å². The molecule has 2 aromatic rings. The van der Waals surface area contributed by atoms with E-state index in [1.165, 1.54) is 12.3 Å². The zero-order valence-corrected chi connectivity index (χ0v) is 13.8. The maximum absolute atomic E-state index is 12.2. The summed E-state index contributed by atoms with van der Waals surface area (Å²) in [6.45, 7) is 1.60. The number of halogens is 2. The predicted molar refractivity (Wildman–Crippen MR) is 89.0 cm³/mol. The highest BCUT2D eigenvalue weighted by molar-refractivity contribution is 6.41. The molecule has 23 heavy (non-hydrogen) atoms. The van der Waals surface area contributed by atoms with Crippen molar-refractivity contribution in [3.63, 3.8) is 0 Å². The highest BCUT2D eigenvalue weighted by Crippen LogP contribution is 2.20. The number of nitrogens with zero attached hydrogens (tertiary/aromatic N) is 4. The van der Waals surface area contributed by atoms with E-state index in [0.29, 0.717) is 5.56 Å². The van der Waals surface area contributed by atoms with Gasteiger partial charge in [0.1, 0.15) is 5.15 Å². The molecule has 1 N–H and O–H groups in total. The molecule has 6 nitrogen and oxygen atoms in total. The van der Waals surface area contributed by atoms with Crippen LogP contribution >= 0.6 is 23.2 Å². The molecule has 1 amide bonds. The third-order valence-electron chi connectivity index (χ3n) is 3.72. The van der Waals surface area contributed by atoms with Gasteiger partial charge >= 0.3 is 0 Å². The molecule has 3 heterocycles. The van der Waals surface area contributed by atoms with E-state index >= 15 is 0 Å². The van der Waals surface area contributed by atoms with Gasteiger partial charge in [-0.05, 0) is 25.0 Å². The lowest BCUT2D eigenvalue weighted by molar-refractivity contribution is 0.0930. The molecular weight excluding hydrogens is 337 g/mol. The smallest absolute Gasteiger partial charge is 0.253 e. The Labute approximate surface area is 143 Å². The molecule has 0 aromatic carbocycles. The van der Waals surface area contributed by atoms with Gasteiger partial charge in [0.05, 0.1) is 10.6 Å². The lowest BCUT2D eigenvalue weighted by atomic mass is 10.0. The van der Waals surface area contributed by atoms with Crippen molar-refractivity contribution in [2.24, 2.45) is 0 Å². The summed E-state index contributed by atoms with van der Waals surface area (Å²) in [5, 5.41) is 3.47. The molecule has 0 spiro atoms. The molecule has 0 radical (unpaired) electrons. The van der Waals surface area contributed by atoms with E-state index in [9.17, 15) is 4.79 Å². The first kappa shape index (κ1) is 16.0. The van der Waals surface area contributed by atoms with Gasteiger partial charge in [0.2, 0.25) is 5.95 Å². The van der Waals surface area contributed by atoms with Gasteiger partial charge in [-0.3, -0.25) is 4.79 Å². The van der Waals surface area contributed by atoms with Crippen LogP contribution in [0.5, 0.6) is 0 Å². The van der Waals surface area contributed by atoms with Gasteiger partial charge in [-0.1, -0.05) is 23.2 Å². The SMILES string of the molecule is O=C(NC1CCN(c2ncccn2)CC1)c1cnc(Cl)c(Cl)c1. The van der Waals surface area contributed by atoms with Crippen LogP contribution in [-0.2, 0) is 0 Å². The average Bonchev–Trinajstić information content (AvgIpc) is 2.59. The molecule has 0 bridgehead atoms. The molecule has 1 saturated heterocycles. The summed E-state index contributed by atoms with van der Waals surface area (Å²) in [4.78, 5) is 26.7. The van der Waals surface area contributed by atoms with Crippen LogP contribution in [0.25, 0.3) is 0 Å². The zero-order chi connectivity index (χ0) is 16.2. The second-order valence-corrected chi connectivity index (χ2v) is 6.05. The Morgan fingerprint density at radius 1 is 1.17 bits per heavy atom. The van der Waals surface area contributed by atoms with E-state index in [4.69, 9.17) is 23.2 Å². The fourth-order valence-electron chi connectivity index (χ4n) is 2.49.